The Hall–Kier alpha value is -2.12. The molecule has 0 radical (unpaired) electrons. The summed E-state index contributed by atoms with van der Waals surface area (Å²) in [5, 5.41) is 6.19. The smallest absolute Gasteiger partial charge is 0.253 e. The molecule has 0 bridgehead atoms. The zero-order chi connectivity index (χ0) is 24.5. The molecule has 7 nitrogen and oxygen atoms in total. The lowest BCUT2D eigenvalue weighted by Crippen LogP contribution is -2.38. The number of carbonyl (C=O) groups excluding carboxylic acids is 2. The first kappa shape index (κ1) is 26.0. The van der Waals surface area contributed by atoms with Crippen LogP contribution in [0.4, 0.5) is 11.4 Å². The SMILES string of the molecule is CC1CCN(c2ccc(NC(=O)CCC3CCCC3)cc2C(=O)NCCCN2CCOCC2)CC1. The second kappa shape index (κ2) is 13.3. The molecule has 3 aliphatic rings. The third-order valence-corrected chi connectivity index (χ3v) is 7.94. The topological polar surface area (TPSA) is 73.9 Å². The van der Waals surface area contributed by atoms with Crippen LogP contribution >= 0.6 is 0 Å². The van der Waals surface area contributed by atoms with Crippen molar-refractivity contribution in [2.75, 3.05) is 62.7 Å². The summed E-state index contributed by atoms with van der Waals surface area (Å²) in [7, 11) is 0. The summed E-state index contributed by atoms with van der Waals surface area (Å²) in [6, 6.07) is 5.85. The Morgan fingerprint density at radius 3 is 2.51 bits per heavy atom. The fourth-order valence-electron chi connectivity index (χ4n) is 5.60. The molecule has 1 aromatic carbocycles. The summed E-state index contributed by atoms with van der Waals surface area (Å²) in [5.41, 5.74) is 2.36. The molecule has 35 heavy (non-hydrogen) atoms. The zero-order valence-electron chi connectivity index (χ0n) is 21.5. The number of hydrogen-bond donors (Lipinski definition) is 2. The van der Waals surface area contributed by atoms with E-state index < -0.39 is 0 Å². The largest absolute Gasteiger partial charge is 0.379 e. The molecule has 7 heteroatoms. The number of piperidine rings is 1. The number of rotatable bonds is 10. The highest BCUT2D eigenvalue weighted by atomic mass is 16.5. The summed E-state index contributed by atoms with van der Waals surface area (Å²) in [4.78, 5) is 30.6. The number of hydrogen-bond acceptors (Lipinski definition) is 5. The lowest BCUT2D eigenvalue weighted by atomic mass is 9.97. The monoisotopic (exact) mass is 484 g/mol. The first-order chi connectivity index (χ1) is 17.1. The van der Waals surface area contributed by atoms with Crippen LogP contribution in [0.5, 0.6) is 0 Å². The van der Waals surface area contributed by atoms with Crippen molar-refractivity contribution in [1.29, 1.82) is 0 Å². The Morgan fingerprint density at radius 2 is 1.77 bits per heavy atom. The first-order valence-corrected chi connectivity index (χ1v) is 13.9. The number of nitrogens with zero attached hydrogens (tertiary/aromatic N) is 2. The van der Waals surface area contributed by atoms with Crippen LogP contribution in [0.1, 0.15) is 75.1 Å². The fourth-order valence-corrected chi connectivity index (χ4v) is 5.60. The van der Waals surface area contributed by atoms with Crippen LogP contribution in [0.2, 0.25) is 0 Å². The maximum atomic E-state index is 13.3. The van der Waals surface area contributed by atoms with Crippen molar-refractivity contribution in [2.24, 2.45) is 11.8 Å². The van der Waals surface area contributed by atoms with Crippen molar-refractivity contribution in [2.45, 2.75) is 64.7 Å². The standard InChI is InChI=1S/C28H44N4O3/c1-22-11-15-32(16-12-22)26-9-8-24(30-27(33)10-7-23-5-2-3-6-23)21-25(26)28(34)29-13-4-14-31-17-19-35-20-18-31/h8-9,21-23H,2-7,10-20H2,1H3,(H,29,34)(H,30,33). The van der Waals surface area contributed by atoms with Gasteiger partial charge in [0.25, 0.3) is 5.91 Å². The van der Waals surface area contributed by atoms with Crippen molar-refractivity contribution in [3.05, 3.63) is 23.8 Å². The Labute approximate surface area is 210 Å². The van der Waals surface area contributed by atoms with Crippen LogP contribution in [0, 0.1) is 11.8 Å². The molecule has 2 amide bonds. The minimum absolute atomic E-state index is 0.0494. The van der Waals surface area contributed by atoms with Crippen molar-refractivity contribution in [1.82, 2.24) is 10.2 Å². The average molecular weight is 485 g/mol. The predicted molar refractivity (Wildman–Crippen MR) is 141 cm³/mol. The van der Waals surface area contributed by atoms with Crippen molar-refractivity contribution < 1.29 is 14.3 Å². The number of anilines is 2. The summed E-state index contributed by atoms with van der Waals surface area (Å²) < 4.78 is 5.41. The number of carbonyl (C=O) groups is 2. The molecule has 194 valence electrons. The fraction of sp³-hybridized carbons (Fsp3) is 0.714. The molecule has 2 N–H and O–H groups in total. The molecule has 1 aromatic rings. The maximum absolute atomic E-state index is 13.3. The van der Waals surface area contributed by atoms with Crippen molar-refractivity contribution >= 4 is 23.2 Å². The second-order valence-corrected chi connectivity index (χ2v) is 10.7. The van der Waals surface area contributed by atoms with Gasteiger partial charge >= 0.3 is 0 Å². The average Bonchev–Trinajstić information content (AvgIpc) is 3.40. The molecule has 2 saturated heterocycles. The summed E-state index contributed by atoms with van der Waals surface area (Å²) in [6.07, 6.45) is 9.83. The van der Waals surface area contributed by atoms with Gasteiger partial charge in [-0.15, -0.1) is 0 Å². The molecule has 1 saturated carbocycles. The lowest BCUT2D eigenvalue weighted by Gasteiger charge is -2.33. The molecule has 4 rings (SSSR count). The van der Waals surface area contributed by atoms with Gasteiger partial charge in [0.2, 0.25) is 5.91 Å². The van der Waals surface area contributed by atoms with E-state index in [1.165, 1.54) is 25.7 Å². The van der Waals surface area contributed by atoms with Gasteiger partial charge in [0, 0.05) is 50.5 Å². The number of amides is 2. The number of benzene rings is 1. The van der Waals surface area contributed by atoms with E-state index in [0.717, 1.165) is 83.2 Å². The molecule has 0 unspecified atom stereocenters. The number of ether oxygens (including phenoxy) is 1. The van der Waals surface area contributed by atoms with E-state index in [1.54, 1.807) is 0 Å². The molecule has 2 heterocycles. The van der Waals surface area contributed by atoms with Gasteiger partial charge < -0.3 is 20.3 Å². The van der Waals surface area contributed by atoms with Gasteiger partial charge in [-0.25, -0.2) is 0 Å². The minimum Gasteiger partial charge on any atom is -0.379 e. The molecule has 0 spiro atoms. The minimum atomic E-state index is -0.0531. The van der Waals surface area contributed by atoms with Crippen LogP contribution in [0.15, 0.2) is 18.2 Å². The van der Waals surface area contributed by atoms with Crippen LogP contribution in [0.3, 0.4) is 0 Å². The van der Waals surface area contributed by atoms with Gasteiger partial charge in [-0.1, -0.05) is 32.6 Å². The third-order valence-electron chi connectivity index (χ3n) is 7.94. The zero-order valence-corrected chi connectivity index (χ0v) is 21.5. The van der Waals surface area contributed by atoms with E-state index in [-0.39, 0.29) is 11.8 Å². The van der Waals surface area contributed by atoms with E-state index in [4.69, 9.17) is 4.74 Å². The highest BCUT2D eigenvalue weighted by Crippen LogP contribution is 2.30. The van der Waals surface area contributed by atoms with Crippen LogP contribution in [-0.4, -0.2) is 69.2 Å². The predicted octanol–water partition coefficient (Wildman–Crippen LogP) is 4.28. The second-order valence-electron chi connectivity index (χ2n) is 10.7. The summed E-state index contributed by atoms with van der Waals surface area (Å²) in [6.45, 7) is 9.36. The Morgan fingerprint density at radius 1 is 1.03 bits per heavy atom. The molecule has 2 aliphatic heterocycles. The Balaban J connectivity index is 1.36. The molecule has 3 fully saturated rings. The maximum Gasteiger partial charge on any atom is 0.253 e. The van der Waals surface area contributed by atoms with Gasteiger partial charge in [0.05, 0.1) is 18.8 Å². The highest BCUT2D eigenvalue weighted by Gasteiger charge is 2.22. The molecule has 0 aromatic heterocycles. The van der Waals surface area contributed by atoms with Gasteiger partial charge in [-0.3, -0.25) is 14.5 Å². The Bertz CT molecular complexity index is 825. The van der Waals surface area contributed by atoms with Gasteiger partial charge in [-0.2, -0.15) is 0 Å². The van der Waals surface area contributed by atoms with E-state index in [2.05, 4.69) is 27.4 Å². The first-order valence-electron chi connectivity index (χ1n) is 13.9. The van der Waals surface area contributed by atoms with Crippen LogP contribution < -0.4 is 15.5 Å². The van der Waals surface area contributed by atoms with Crippen molar-refractivity contribution in [3.8, 4) is 0 Å². The molecular formula is C28H44N4O3. The van der Waals surface area contributed by atoms with Gasteiger partial charge in [0.1, 0.15) is 0 Å². The van der Waals surface area contributed by atoms with E-state index >= 15 is 0 Å². The van der Waals surface area contributed by atoms with E-state index in [1.807, 2.05) is 18.2 Å². The lowest BCUT2D eigenvalue weighted by molar-refractivity contribution is -0.116. The van der Waals surface area contributed by atoms with E-state index in [0.29, 0.717) is 30.1 Å². The molecular weight excluding hydrogens is 440 g/mol. The van der Waals surface area contributed by atoms with Gasteiger partial charge in [-0.05, 0) is 62.3 Å². The molecule has 1 aliphatic carbocycles. The number of nitrogens with one attached hydrogen (secondary N) is 2. The number of morpholine rings is 1. The third kappa shape index (κ3) is 7.94. The summed E-state index contributed by atoms with van der Waals surface area (Å²) in [5.74, 6) is 1.42. The van der Waals surface area contributed by atoms with Crippen LogP contribution in [-0.2, 0) is 9.53 Å². The van der Waals surface area contributed by atoms with Gasteiger partial charge in [0.15, 0.2) is 0 Å². The Kier molecular flexibility index (Phi) is 9.83. The van der Waals surface area contributed by atoms with Crippen LogP contribution in [0.25, 0.3) is 0 Å². The summed E-state index contributed by atoms with van der Waals surface area (Å²) >= 11 is 0. The van der Waals surface area contributed by atoms with E-state index in [9.17, 15) is 9.59 Å². The quantitative estimate of drug-likeness (QED) is 0.485. The molecule has 0 atom stereocenters. The highest BCUT2D eigenvalue weighted by molar-refractivity contribution is 6.02. The van der Waals surface area contributed by atoms with Crippen molar-refractivity contribution in [3.63, 3.8) is 0 Å². The normalized spacial score (nSPS) is 20.2.